The summed E-state index contributed by atoms with van der Waals surface area (Å²) >= 11 is 0. The molecule has 0 aliphatic carbocycles. The van der Waals surface area contributed by atoms with Crippen molar-refractivity contribution >= 4 is 0 Å². The molecule has 22 heavy (non-hydrogen) atoms. The van der Waals surface area contributed by atoms with E-state index in [2.05, 4.69) is 83.1 Å². The zero-order valence-electron chi connectivity index (χ0n) is 18.4. The smallest absolute Gasteiger partial charge is 0.0383 e. The second-order valence-corrected chi connectivity index (χ2v) is 9.92. The highest BCUT2D eigenvalue weighted by Crippen LogP contribution is 2.22. The van der Waals surface area contributed by atoms with Gasteiger partial charge in [-0.05, 0) is 29.1 Å². The van der Waals surface area contributed by atoms with Gasteiger partial charge in [0.25, 0.3) is 0 Å². The fourth-order valence-corrected chi connectivity index (χ4v) is 1.21. The molecule has 138 valence electrons. The van der Waals surface area contributed by atoms with Gasteiger partial charge in [-0.15, -0.1) is 0 Å². The van der Waals surface area contributed by atoms with Crippen LogP contribution in [0.3, 0.4) is 0 Å². The maximum absolute atomic E-state index is 2.32. The second-order valence-electron chi connectivity index (χ2n) is 9.92. The van der Waals surface area contributed by atoms with Crippen LogP contribution in [0.2, 0.25) is 0 Å². The third kappa shape index (κ3) is 42.7. The van der Waals surface area contributed by atoms with Gasteiger partial charge in [0.05, 0.1) is 0 Å². The molecule has 0 spiro atoms. The van der Waals surface area contributed by atoms with Crippen LogP contribution in [-0.2, 0) is 0 Å². The molecule has 0 unspecified atom stereocenters. The van der Waals surface area contributed by atoms with Crippen LogP contribution in [-0.4, -0.2) is 0 Å². The summed E-state index contributed by atoms with van der Waals surface area (Å²) in [6.45, 7) is 27.2. The molecular formula is C22H50. The van der Waals surface area contributed by atoms with E-state index >= 15 is 0 Å². The maximum Gasteiger partial charge on any atom is -0.0383 e. The van der Waals surface area contributed by atoms with Crippen LogP contribution in [0, 0.1) is 22.7 Å². The minimum absolute atomic E-state index is 0.539. The molecule has 0 aromatic carbocycles. The molecular weight excluding hydrogens is 264 g/mol. The van der Waals surface area contributed by atoms with Crippen molar-refractivity contribution in [2.24, 2.45) is 22.7 Å². The van der Waals surface area contributed by atoms with Crippen molar-refractivity contribution < 1.29 is 0 Å². The zero-order chi connectivity index (χ0) is 18.4. The Labute approximate surface area is 144 Å². The molecule has 0 amide bonds. The van der Waals surface area contributed by atoms with E-state index in [1.807, 2.05) is 0 Å². The van der Waals surface area contributed by atoms with Gasteiger partial charge in [0.1, 0.15) is 0 Å². The first kappa shape index (κ1) is 26.9. The molecule has 0 aromatic heterocycles. The van der Waals surface area contributed by atoms with Crippen LogP contribution in [0.5, 0.6) is 0 Å². The summed E-state index contributed by atoms with van der Waals surface area (Å²) < 4.78 is 0. The maximum atomic E-state index is 2.32. The molecule has 0 aliphatic heterocycles. The van der Waals surface area contributed by atoms with E-state index in [0.717, 1.165) is 11.8 Å². The predicted octanol–water partition coefficient (Wildman–Crippen LogP) is 8.74. The topological polar surface area (TPSA) is 0 Å². The normalized spacial score (nSPS) is 11.7. The van der Waals surface area contributed by atoms with Crippen molar-refractivity contribution in [2.45, 2.75) is 122 Å². The van der Waals surface area contributed by atoms with Gasteiger partial charge in [0, 0.05) is 0 Å². The molecule has 0 bridgehead atoms. The van der Waals surface area contributed by atoms with E-state index in [9.17, 15) is 0 Å². The molecule has 0 rings (SSSR count). The Morgan fingerprint density at radius 2 is 1.00 bits per heavy atom. The summed E-state index contributed by atoms with van der Waals surface area (Å²) in [7, 11) is 0. The lowest BCUT2D eigenvalue weighted by atomic mass is 9.89. The zero-order valence-corrected chi connectivity index (χ0v) is 18.4. The molecule has 0 nitrogen and oxygen atoms in total. The molecule has 0 fully saturated rings. The Bertz CT molecular complexity index is 197. The fraction of sp³-hybridized carbons (Fsp3) is 1.00. The lowest BCUT2D eigenvalue weighted by Gasteiger charge is -2.17. The van der Waals surface area contributed by atoms with E-state index in [-0.39, 0.29) is 0 Å². The van der Waals surface area contributed by atoms with Gasteiger partial charge in [-0.25, -0.2) is 0 Å². The van der Waals surface area contributed by atoms with Gasteiger partial charge in [-0.1, -0.05) is 115 Å². The average molecular weight is 315 g/mol. The molecule has 0 atom stereocenters. The summed E-state index contributed by atoms with van der Waals surface area (Å²) in [6, 6.07) is 0. The van der Waals surface area contributed by atoms with Crippen molar-refractivity contribution in [1.82, 2.24) is 0 Å². The third-order valence-electron chi connectivity index (χ3n) is 3.84. The van der Waals surface area contributed by atoms with Crippen molar-refractivity contribution in [3.63, 3.8) is 0 Å². The Morgan fingerprint density at radius 3 is 1.18 bits per heavy atom. The van der Waals surface area contributed by atoms with E-state index in [1.54, 1.807) is 0 Å². The van der Waals surface area contributed by atoms with E-state index in [4.69, 9.17) is 0 Å². The fourth-order valence-electron chi connectivity index (χ4n) is 1.21. The predicted molar refractivity (Wildman–Crippen MR) is 108 cm³/mol. The molecule has 0 radical (unpaired) electrons. The summed E-state index contributed by atoms with van der Waals surface area (Å²) in [4.78, 5) is 0. The Hall–Kier alpha value is 0. The molecule has 0 heterocycles. The molecule has 0 saturated carbocycles. The van der Waals surface area contributed by atoms with Gasteiger partial charge >= 0.3 is 0 Å². The average Bonchev–Trinajstić information content (AvgIpc) is 2.34. The van der Waals surface area contributed by atoms with Gasteiger partial charge in [0.2, 0.25) is 0 Å². The SMILES string of the molecule is CC(C)CCCCC(C)(C)C.CCC(C)(C)C.CCC(C)C. The summed E-state index contributed by atoms with van der Waals surface area (Å²) in [5.41, 5.74) is 1.08. The minimum Gasteiger partial charge on any atom is -0.0651 e. The molecule has 0 heteroatoms. The van der Waals surface area contributed by atoms with Gasteiger partial charge in [0.15, 0.2) is 0 Å². The lowest BCUT2D eigenvalue weighted by Crippen LogP contribution is -2.04. The minimum atomic E-state index is 0.539. The summed E-state index contributed by atoms with van der Waals surface area (Å²) in [5, 5.41) is 0. The summed E-state index contributed by atoms with van der Waals surface area (Å²) in [5.74, 6) is 1.77. The van der Waals surface area contributed by atoms with Crippen LogP contribution in [0.4, 0.5) is 0 Å². The van der Waals surface area contributed by atoms with Crippen LogP contribution in [0.15, 0.2) is 0 Å². The Morgan fingerprint density at radius 1 is 0.636 bits per heavy atom. The van der Waals surface area contributed by atoms with Crippen LogP contribution in [0.1, 0.15) is 122 Å². The first-order chi connectivity index (χ1) is 9.75. The number of hydrogen-bond acceptors (Lipinski definition) is 0. The van der Waals surface area contributed by atoms with Gasteiger partial charge in [-0.3, -0.25) is 0 Å². The van der Waals surface area contributed by atoms with E-state index in [0.29, 0.717) is 10.8 Å². The van der Waals surface area contributed by atoms with Crippen LogP contribution >= 0.6 is 0 Å². The first-order valence-corrected chi connectivity index (χ1v) is 9.75. The summed E-state index contributed by atoms with van der Waals surface area (Å²) in [6.07, 6.45) is 8.17. The number of unbranched alkanes of at least 4 members (excludes halogenated alkanes) is 1. The van der Waals surface area contributed by atoms with Gasteiger partial charge in [-0.2, -0.15) is 0 Å². The van der Waals surface area contributed by atoms with Crippen molar-refractivity contribution in [2.75, 3.05) is 0 Å². The second kappa shape index (κ2) is 14.6. The highest BCUT2D eigenvalue weighted by Gasteiger charge is 2.08. The molecule has 0 saturated heterocycles. The van der Waals surface area contributed by atoms with Crippen molar-refractivity contribution in [1.29, 1.82) is 0 Å². The first-order valence-electron chi connectivity index (χ1n) is 9.75. The van der Waals surface area contributed by atoms with Crippen molar-refractivity contribution in [3.8, 4) is 0 Å². The van der Waals surface area contributed by atoms with E-state index < -0.39 is 0 Å². The van der Waals surface area contributed by atoms with Crippen LogP contribution < -0.4 is 0 Å². The molecule has 0 aromatic rings. The largest absolute Gasteiger partial charge is 0.0651 e. The highest BCUT2D eigenvalue weighted by atomic mass is 14.1. The van der Waals surface area contributed by atoms with Crippen molar-refractivity contribution in [3.05, 3.63) is 0 Å². The van der Waals surface area contributed by atoms with E-state index in [1.165, 1.54) is 38.5 Å². The Kier molecular flexibility index (Phi) is 17.8. The molecule has 0 aliphatic rings. The quantitative estimate of drug-likeness (QED) is 0.445. The van der Waals surface area contributed by atoms with Crippen LogP contribution in [0.25, 0.3) is 0 Å². The number of hydrogen-bond donors (Lipinski definition) is 0. The van der Waals surface area contributed by atoms with Gasteiger partial charge < -0.3 is 0 Å². The standard InChI is InChI=1S/C11H24.C6H14.C5H12/c1-10(2)8-6-7-9-11(3,4)5;1-5-6(2,3)4;1-4-5(2)3/h10H,6-9H2,1-5H3;5H2,1-4H3;5H,4H2,1-3H3. The monoisotopic (exact) mass is 314 g/mol. The lowest BCUT2D eigenvalue weighted by molar-refractivity contribution is 0.352. The molecule has 0 N–H and O–H groups in total. The number of rotatable bonds is 5. The highest BCUT2D eigenvalue weighted by molar-refractivity contribution is 4.61. The Balaban J connectivity index is -0.000000277. The third-order valence-corrected chi connectivity index (χ3v) is 3.84.